The average Bonchev–Trinajstić information content (AvgIpc) is 3.24. The Kier molecular flexibility index (Phi) is 6.13. The van der Waals surface area contributed by atoms with Crippen molar-refractivity contribution in [1.82, 2.24) is 10.6 Å². The van der Waals surface area contributed by atoms with Gasteiger partial charge in [-0.05, 0) is 41.8 Å². The van der Waals surface area contributed by atoms with E-state index in [0.29, 0.717) is 25.3 Å². The summed E-state index contributed by atoms with van der Waals surface area (Å²) >= 11 is 6.08. The molecule has 2 N–H and O–H groups in total. The fraction of sp³-hybridized carbons (Fsp3) is 0.316. The molecule has 1 aliphatic heterocycles. The Morgan fingerprint density at radius 3 is 2.85 bits per heavy atom. The number of nitrogens with one attached hydrogen (secondary N) is 2. The van der Waals surface area contributed by atoms with E-state index in [0.717, 1.165) is 34.5 Å². The summed E-state index contributed by atoms with van der Waals surface area (Å²) < 4.78 is 10.7. The molecule has 0 saturated heterocycles. The molecule has 1 fully saturated rings. The minimum Gasteiger partial charge on any atom is -0.454 e. The van der Waals surface area contributed by atoms with E-state index in [1.807, 2.05) is 36.4 Å². The fourth-order valence-corrected chi connectivity index (χ4v) is 3.27. The monoisotopic (exact) mass is 485 g/mol. The normalized spacial score (nSPS) is 20.3. The number of guanidine groups is 1. The van der Waals surface area contributed by atoms with Crippen LogP contribution in [0.25, 0.3) is 0 Å². The van der Waals surface area contributed by atoms with Gasteiger partial charge in [-0.25, -0.2) is 0 Å². The van der Waals surface area contributed by atoms with Crippen molar-refractivity contribution in [2.75, 3.05) is 13.8 Å². The highest BCUT2D eigenvalue weighted by Crippen LogP contribution is 2.41. The van der Waals surface area contributed by atoms with Gasteiger partial charge < -0.3 is 20.1 Å². The summed E-state index contributed by atoms with van der Waals surface area (Å²) in [5.41, 5.74) is 2.39. The molecule has 4 rings (SSSR count). The van der Waals surface area contributed by atoms with Crippen molar-refractivity contribution < 1.29 is 9.47 Å². The summed E-state index contributed by atoms with van der Waals surface area (Å²) in [5, 5.41) is 7.60. The van der Waals surface area contributed by atoms with Crippen molar-refractivity contribution in [3.8, 4) is 11.5 Å². The molecule has 0 spiro atoms. The molecule has 0 amide bonds. The summed E-state index contributed by atoms with van der Waals surface area (Å²) in [4.78, 5) is 4.31. The maximum Gasteiger partial charge on any atom is 0.231 e. The summed E-state index contributed by atoms with van der Waals surface area (Å²) in [6.07, 6.45) is 1.09. The standard InChI is InChI=1S/C19H20ClN3O2.HI/c1-21-19(22-10-12-5-6-17-18(7-12)25-11-24-17)23-16-9-15(16)13-3-2-4-14(20)8-13;/h2-8,15-16H,9-11H2,1H3,(H2,21,22,23);1H. The van der Waals surface area contributed by atoms with Gasteiger partial charge in [0.15, 0.2) is 17.5 Å². The molecule has 1 aliphatic carbocycles. The van der Waals surface area contributed by atoms with Crippen LogP contribution in [0.15, 0.2) is 47.5 Å². The second-order valence-electron chi connectivity index (χ2n) is 6.26. The molecule has 138 valence electrons. The maximum absolute atomic E-state index is 6.08. The lowest BCUT2D eigenvalue weighted by molar-refractivity contribution is 0.174. The van der Waals surface area contributed by atoms with Crippen LogP contribution >= 0.6 is 35.6 Å². The third-order valence-corrected chi connectivity index (χ3v) is 4.75. The third-order valence-electron chi connectivity index (χ3n) is 4.51. The van der Waals surface area contributed by atoms with Gasteiger partial charge in [-0.15, -0.1) is 24.0 Å². The molecule has 2 aromatic rings. The van der Waals surface area contributed by atoms with Crippen LogP contribution in [0.2, 0.25) is 5.02 Å². The third kappa shape index (κ3) is 4.35. The number of nitrogens with zero attached hydrogens (tertiary/aromatic N) is 1. The lowest BCUT2D eigenvalue weighted by atomic mass is 10.1. The number of hydrogen-bond acceptors (Lipinski definition) is 3. The zero-order valence-electron chi connectivity index (χ0n) is 14.4. The molecule has 5 nitrogen and oxygen atoms in total. The van der Waals surface area contributed by atoms with E-state index in [4.69, 9.17) is 21.1 Å². The van der Waals surface area contributed by atoms with Crippen LogP contribution in [0.3, 0.4) is 0 Å². The number of halogens is 2. The van der Waals surface area contributed by atoms with Gasteiger partial charge >= 0.3 is 0 Å². The number of rotatable bonds is 4. The number of ether oxygens (including phenoxy) is 2. The molecule has 0 aromatic heterocycles. The molecule has 0 bridgehead atoms. The largest absolute Gasteiger partial charge is 0.454 e. The van der Waals surface area contributed by atoms with E-state index in [1.165, 1.54) is 5.56 Å². The maximum atomic E-state index is 6.08. The highest BCUT2D eigenvalue weighted by Gasteiger charge is 2.39. The number of fused-ring (bicyclic) bond motifs is 1. The molecule has 26 heavy (non-hydrogen) atoms. The van der Waals surface area contributed by atoms with Crippen LogP contribution in [0, 0.1) is 0 Å². The Labute approximate surface area is 175 Å². The first-order valence-electron chi connectivity index (χ1n) is 8.34. The van der Waals surface area contributed by atoms with Gasteiger partial charge in [0.2, 0.25) is 6.79 Å². The predicted octanol–water partition coefficient (Wildman–Crippen LogP) is 3.91. The van der Waals surface area contributed by atoms with E-state index in [2.05, 4.69) is 21.7 Å². The van der Waals surface area contributed by atoms with Crippen LogP contribution in [-0.4, -0.2) is 25.8 Å². The lowest BCUT2D eigenvalue weighted by Gasteiger charge is -2.12. The summed E-state index contributed by atoms with van der Waals surface area (Å²) in [6.45, 7) is 0.965. The van der Waals surface area contributed by atoms with Gasteiger partial charge in [0.05, 0.1) is 0 Å². The minimum atomic E-state index is 0. The zero-order chi connectivity index (χ0) is 17.2. The van der Waals surface area contributed by atoms with Crippen molar-refractivity contribution in [3.05, 3.63) is 58.6 Å². The quantitative estimate of drug-likeness (QED) is 0.392. The summed E-state index contributed by atoms with van der Waals surface area (Å²) in [6, 6.07) is 14.4. The summed E-state index contributed by atoms with van der Waals surface area (Å²) in [7, 11) is 1.78. The second kappa shape index (κ2) is 8.35. The molecule has 0 radical (unpaired) electrons. The molecule has 7 heteroatoms. The van der Waals surface area contributed by atoms with Crippen LogP contribution in [0.5, 0.6) is 11.5 Å². The molecule has 1 heterocycles. The zero-order valence-corrected chi connectivity index (χ0v) is 17.5. The number of benzene rings is 2. The fourth-order valence-electron chi connectivity index (χ4n) is 3.07. The van der Waals surface area contributed by atoms with Gasteiger partial charge in [-0.2, -0.15) is 0 Å². The lowest BCUT2D eigenvalue weighted by Crippen LogP contribution is -2.38. The molecule has 2 aromatic carbocycles. The Bertz CT molecular complexity index is 815. The highest BCUT2D eigenvalue weighted by atomic mass is 127. The molecule has 2 atom stereocenters. The molecular formula is C19H21ClIN3O2. The van der Waals surface area contributed by atoms with Gasteiger partial charge in [-0.1, -0.05) is 29.8 Å². The first-order valence-corrected chi connectivity index (χ1v) is 8.72. The van der Waals surface area contributed by atoms with Crippen LogP contribution in [-0.2, 0) is 6.54 Å². The van der Waals surface area contributed by atoms with E-state index in [9.17, 15) is 0 Å². The van der Waals surface area contributed by atoms with Crippen LogP contribution < -0.4 is 20.1 Å². The predicted molar refractivity (Wildman–Crippen MR) is 114 cm³/mol. The Morgan fingerprint density at radius 1 is 1.19 bits per heavy atom. The second-order valence-corrected chi connectivity index (χ2v) is 6.70. The molecular weight excluding hydrogens is 465 g/mol. The highest BCUT2D eigenvalue weighted by molar-refractivity contribution is 14.0. The Hall–Kier alpha value is -1.67. The number of aliphatic imine (C=N–C) groups is 1. The SMILES string of the molecule is CN=C(NCc1ccc2c(c1)OCO2)NC1CC1c1cccc(Cl)c1.I. The minimum absolute atomic E-state index is 0. The van der Waals surface area contributed by atoms with Gasteiger partial charge in [0, 0.05) is 30.6 Å². The van der Waals surface area contributed by atoms with Gasteiger partial charge in [0.25, 0.3) is 0 Å². The van der Waals surface area contributed by atoms with Crippen LogP contribution in [0.1, 0.15) is 23.5 Å². The molecule has 1 saturated carbocycles. The summed E-state index contributed by atoms with van der Waals surface area (Å²) in [5.74, 6) is 2.88. The van der Waals surface area contributed by atoms with E-state index in [-0.39, 0.29) is 24.0 Å². The smallest absolute Gasteiger partial charge is 0.231 e. The molecule has 2 unspecified atom stereocenters. The Balaban J connectivity index is 0.00000196. The van der Waals surface area contributed by atoms with Gasteiger partial charge in [0.1, 0.15) is 0 Å². The van der Waals surface area contributed by atoms with E-state index < -0.39 is 0 Å². The Morgan fingerprint density at radius 2 is 2.04 bits per heavy atom. The van der Waals surface area contributed by atoms with E-state index in [1.54, 1.807) is 7.05 Å². The number of hydrogen-bond donors (Lipinski definition) is 2. The van der Waals surface area contributed by atoms with Crippen molar-refractivity contribution in [2.24, 2.45) is 4.99 Å². The van der Waals surface area contributed by atoms with Crippen molar-refractivity contribution in [2.45, 2.75) is 24.9 Å². The topological polar surface area (TPSA) is 54.9 Å². The van der Waals surface area contributed by atoms with Crippen molar-refractivity contribution in [3.63, 3.8) is 0 Å². The molecule has 2 aliphatic rings. The van der Waals surface area contributed by atoms with Crippen LogP contribution in [0.4, 0.5) is 0 Å². The van der Waals surface area contributed by atoms with Crippen molar-refractivity contribution >= 4 is 41.5 Å². The van der Waals surface area contributed by atoms with E-state index >= 15 is 0 Å². The average molecular weight is 486 g/mol. The first-order chi connectivity index (χ1) is 12.2. The van der Waals surface area contributed by atoms with Gasteiger partial charge in [-0.3, -0.25) is 4.99 Å². The first kappa shape index (κ1) is 19.1. The van der Waals surface area contributed by atoms with Crippen molar-refractivity contribution in [1.29, 1.82) is 0 Å².